The fraction of sp³-hybridized carbons (Fsp3) is 0.0833. The Morgan fingerprint density at radius 2 is 1.91 bits per heavy atom. The monoisotopic (exact) mass is 494 g/mol. The predicted molar refractivity (Wildman–Crippen MR) is 130 cm³/mol. The molecular formula is C24H16F2N4O2S2. The van der Waals surface area contributed by atoms with E-state index in [0.29, 0.717) is 26.3 Å². The second-order valence-corrected chi connectivity index (χ2v) is 9.31. The Morgan fingerprint density at radius 1 is 1.09 bits per heavy atom. The molecule has 0 saturated heterocycles. The zero-order valence-electron chi connectivity index (χ0n) is 17.5. The quantitative estimate of drug-likeness (QED) is 0.264. The van der Waals surface area contributed by atoms with Crippen molar-refractivity contribution in [3.8, 4) is 0 Å². The van der Waals surface area contributed by atoms with Gasteiger partial charge in [-0.1, -0.05) is 42.1 Å². The van der Waals surface area contributed by atoms with E-state index in [2.05, 4.69) is 10.3 Å². The van der Waals surface area contributed by atoms with Crippen LogP contribution in [0.4, 0.5) is 14.5 Å². The van der Waals surface area contributed by atoms with E-state index < -0.39 is 17.5 Å². The first-order chi connectivity index (χ1) is 16.5. The van der Waals surface area contributed by atoms with Crippen LogP contribution in [0, 0.1) is 11.6 Å². The summed E-state index contributed by atoms with van der Waals surface area (Å²) in [5.74, 6) is -2.22. The number of pyridine rings is 1. The lowest BCUT2D eigenvalue weighted by Gasteiger charge is -2.12. The molecule has 3 heterocycles. The maximum absolute atomic E-state index is 13.9. The van der Waals surface area contributed by atoms with Crippen molar-refractivity contribution in [2.45, 2.75) is 11.7 Å². The van der Waals surface area contributed by atoms with Gasteiger partial charge >= 0.3 is 0 Å². The first-order valence-electron chi connectivity index (χ1n) is 10.2. The zero-order chi connectivity index (χ0) is 23.7. The molecule has 5 rings (SSSR count). The minimum atomic E-state index is -0.865. The van der Waals surface area contributed by atoms with Crippen molar-refractivity contribution in [1.29, 1.82) is 0 Å². The third-order valence-electron chi connectivity index (χ3n) is 5.04. The van der Waals surface area contributed by atoms with Crippen molar-refractivity contribution in [2.24, 2.45) is 0 Å². The van der Waals surface area contributed by atoms with Crippen LogP contribution in [0.3, 0.4) is 0 Å². The Balaban J connectivity index is 1.50. The second kappa shape index (κ2) is 9.32. The molecular weight excluding hydrogens is 478 g/mol. The van der Waals surface area contributed by atoms with E-state index in [9.17, 15) is 18.4 Å². The highest BCUT2D eigenvalue weighted by atomic mass is 32.2. The molecule has 1 N–H and O–H groups in total. The van der Waals surface area contributed by atoms with Crippen molar-refractivity contribution >= 4 is 55.1 Å². The largest absolute Gasteiger partial charge is 0.323 e. The van der Waals surface area contributed by atoms with Gasteiger partial charge in [0, 0.05) is 17.6 Å². The second-order valence-electron chi connectivity index (χ2n) is 7.37. The maximum Gasteiger partial charge on any atom is 0.272 e. The summed E-state index contributed by atoms with van der Waals surface area (Å²) in [6.45, 7) is 0.279. The molecule has 0 atom stereocenters. The number of carbonyl (C=O) groups excluding carboxylic acids is 1. The van der Waals surface area contributed by atoms with E-state index in [-0.39, 0.29) is 23.5 Å². The summed E-state index contributed by atoms with van der Waals surface area (Å²) < 4.78 is 29.0. The smallest absolute Gasteiger partial charge is 0.272 e. The van der Waals surface area contributed by atoms with E-state index in [0.717, 1.165) is 34.8 Å². The summed E-state index contributed by atoms with van der Waals surface area (Å²) in [6.07, 6.45) is 1.66. The number of rotatable bonds is 6. The number of anilines is 1. The number of amides is 1. The molecule has 3 aromatic heterocycles. The minimum absolute atomic E-state index is 0.119. The summed E-state index contributed by atoms with van der Waals surface area (Å²) in [6, 6.07) is 16.0. The van der Waals surface area contributed by atoms with Gasteiger partial charge in [-0.15, -0.1) is 11.3 Å². The van der Waals surface area contributed by atoms with Gasteiger partial charge in [0.05, 0.1) is 23.5 Å². The van der Waals surface area contributed by atoms with Crippen LogP contribution in [0.5, 0.6) is 0 Å². The van der Waals surface area contributed by atoms with Gasteiger partial charge in [0.25, 0.3) is 5.56 Å². The SMILES string of the molecule is O=C(CSc1nc2c(sc3ncccc32)c(=O)n1Cc1ccccc1)Nc1ccc(F)cc1F. The van der Waals surface area contributed by atoms with E-state index in [1.165, 1.54) is 15.9 Å². The average molecular weight is 495 g/mol. The Morgan fingerprint density at radius 3 is 2.71 bits per heavy atom. The molecule has 0 aliphatic heterocycles. The molecule has 0 bridgehead atoms. The van der Waals surface area contributed by atoms with Gasteiger partial charge in [-0.2, -0.15) is 0 Å². The van der Waals surface area contributed by atoms with Crippen LogP contribution in [0.15, 0.2) is 76.8 Å². The Hall–Kier alpha value is -3.63. The predicted octanol–water partition coefficient (Wildman–Crippen LogP) is 5.06. The summed E-state index contributed by atoms with van der Waals surface area (Å²) in [5.41, 5.74) is 1.11. The highest BCUT2D eigenvalue weighted by molar-refractivity contribution is 7.99. The number of hydrogen-bond donors (Lipinski definition) is 1. The van der Waals surface area contributed by atoms with Crippen LogP contribution in [-0.4, -0.2) is 26.2 Å². The molecule has 2 aromatic carbocycles. The number of thiophene rings is 1. The third kappa shape index (κ3) is 4.42. The van der Waals surface area contributed by atoms with Crippen LogP contribution >= 0.6 is 23.1 Å². The zero-order valence-corrected chi connectivity index (χ0v) is 19.1. The van der Waals surface area contributed by atoms with Gasteiger partial charge < -0.3 is 5.32 Å². The number of fused-ring (bicyclic) bond motifs is 3. The molecule has 34 heavy (non-hydrogen) atoms. The standard InChI is InChI=1S/C24H16F2N4O2S2/c25-15-8-9-18(17(26)11-15)28-19(31)13-33-24-29-20-16-7-4-10-27-22(16)34-21(20)23(32)30(24)12-14-5-2-1-3-6-14/h1-11H,12-13H2,(H,28,31). The molecule has 5 aromatic rings. The number of aromatic nitrogens is 3. The number of carbonyl (C=O) groups is 1. The summed E-state index contributed by atoms with van der Waals surface area (Å²) in [7, 11) is 0. The fourth-order valence-corrected chi connectivity index (χ4v) is 5.29. The van der Waals surface area contributed by atoms with Crippen LogP contribution in [0.1, 0.15) is 5.56 Å². The number of hydrogen-bond acceptors (Lipinski definition) is 6. The molecule has 170 valence electrons. The summed E-state index contributed by atoms with van der Waals surface area (Å²) in [5, 5.41) is 3.56. The molecule has 0 aliphatic rings. The van der Waals surface area contributed by atoms with Gasteiger partial charge in [-0.25, -0.2) is 18.7 Å². The van der Waals surface area contributed by atoms with Crippen molar-refractivity contribution in [3.05, 3.63) is 94.4 Å². The number of nitrogens with one attached hydrogen (secondary N) is 1. The Kier molecular flexibility index (Phi) is 6.08. The molecule has 0 unspecified atom stereocenters. The molecule has 10 heteroatoms. The van der Waals surface area contributed by atoms with Gasteiger partial charge in [-0.05, 0) is 29.8 Å². The van der Waals surface area contributed by atoms with Crippen LogP contribution in [-0.2, 0) is 11.3 Å². The molecule has 6 nitrogen and oxygen atoms in total. The van der Waals surface area contributed by atoms with Crippen LogP contribution in [0.2, 0.25) is 0 Å². The Labute approximate surface area is 200 Å². The normalized spacial score (nSPS) is 11.2. The van der Waals surface area contributed by atoms with Gasteiger partial charge in [0.1, 0.15) is 21.2 Å². The van der Waals surface area contributed by atoms with Crippen molar-refractivity contribution in [3.63, 3.8) is 0 Å². The molecule has 0 radical (unpaired) electrons. The summed E-state index contributed by atoms with van der Waals surface area (Å²) in [4.78, 5) is 35.7. The third-order valence-corrected chi connectivity index (χ3v) is 7.11. The number of thioether (sulfide) groups is 1. The van der Waals surface area contributed by atoms with Gasteiger partial charge in [0.2, 0.25) is 5.91 Å². The van der Waals surface area contributed by atoms with Crippen molar-refractivity contribution < 1.29 is 13.6 Å². The maximum atomic E-state index is 13.9. The van der Waals surface area contributed by atoms with Gasteiger partial charge in [0.15, 0.2) is 5.16 Å². The average Bonchev–Trinajstić information content (AvgIpc) is 3.21. The van der Waals surface area contributed by atoms with E-state index in [4.69, 9.17) is 4.98 Å². The molecule has 0 aliphatic carbocycles. The van der Waals surface area contributed by atoms with Crippen molar-refractivity contribution in [1.82, 2.24) is 14.5 Å². The van der Waals surface area contributed by atoms with Gasteiger partial charge in [-0.3, -0.25) is 14.2 Å². The van der Waals surface area contributed by atoms with E-state index in [1.54, 1.807) is 12.3 Å². The van der Waals surface area contributed by atoms with E-state index in [1.807, 2.05) is 36.4 Å². The Bertz CT molecular complexity index is 1590. The number of benzene rings is 2. The highest BCUT2D eigenvalue weighted by Gasteiger charge is 2.18. The number of nitrogens with zero attached hydrogens (tertiary/aromatic N) is 3. The molecule has 1 amide bonds. The van der Waals surface area contributed by atoms with Crippen LogP contribution < -0.4 is 10.9 Å². The van der Waals surface area contributed by atoms with Crippen molar-refractivity contribution in [2.75, 3.05) is 11.1 Å². The fourth-order valence-electron chi connectivity index (χ4n) is 3.46. The van der Waals surface area contributed by atoms with E-state index >= 15 is 0 Å². The highest BCUT2D eigenvalue weighted by Crippen LogP contribution is 2.30. The van der Waals surface area contributed by atoms with Crippen LogP contribution in [0.25, 0.3) is 20.4 Å². The lowest BCUT2D eigenvalue weighted by Crippen LogP contribution is -2.24. The first-order valence-corrected chi connectivity index (χ1v) is 12.0. The topological polar surface area (TPSA) is 76.9 Å². The summed E-state index contributed by atoms with van der Waals surface area (Å²) >= 11 is 2.35. The number of halogens is 2. The lowest BCUT2D eigenvalue weighted by molar-refractivity contribution is -0.113. The molecule has 0 spiro atoms. The lowest BCUT2D eigenvalue weighted by atomic mass is 10.2. The molecule has 0 saturated carbocycles. The minimum Gasteiger partial charge on any atom is -0.323 e. The first kappa shape index (κ1) is 22.2. The molecule has 0 fully saturated rings.